The zero-order valence-electron chi connectivity index (χ0n) is 11.7. The molecule has 0 radical (unpaired) electrons. The van der Waals surface area contributed by atoms with Crippen LogP contribution in [0.25, 0.3) is 0 Å². The van der Waals surface area contributed by atoms with Crippen LogP contribution < -0.4 is 5.32 Å². The maximum atomic E-state index is 12.4. The molecule has 2 aliphatic heterocycles. The normalized spacial score (nSPS) is 27.5. The van der Waals surface area contributed by atoms with Crippen molar-refractivity contribution < 1.29 is 14.3 Å². The number of nitrogens with zero attached hydrogens (tertiary/aromatic N) is 2. The summed E-state index contributed by atoms with van der Waals surface area (Å²) in [5, 5.41) is 3.25. The van der Waals surface area contributed by atoms with Gasteiger partial charge in [-0.2, -0.15) is 0 Å². The molecule has 2 atom stereocenters. The van der Waals surface area contributed by atoms with E-state index in [9.17, 15) is 9.59 Å². The Bertz CT molecular complexity index is 340. The van der Waals surface area contributed by atoms with Crippen molar-refractivity contribution in [2.75, 3.05) is 45.9 Å². The predicted octanol–water partition coefficient (Wildman–Crippen LogP) is 0.143. The molecular formula is C13H23N3O3. The fourth-order valence-electron chi connectivity index (χ4n) is 2.70. The van der Waals surface area contributed by atoms with Crippen LogP contribution in [0.15, 0.2) is 0 Å². The van der Waals surface area contributed by atoms with E-state index in [-0.39, 0.29) is 17.9 Å². The van der Waals surface area contributed by atoms with E-state index in [4.69, 9.17) is 4.74 Å². The molecule has 2 heterocycles. The van der Waals surface area contributed by atoms with Gasteiger partial charge < -0.3 is 19.9 Å². The molecule has 2 saturated heterocycles. The van der Waals surface area contributed by atoms with Crippen LogP contribution in [0.2, 0.25) is 0 Å². The van der Waals surface area contributed by atoms with Crippen LogP contribution in [-0.2, 0) is 9.53 Å². The van der Waals surface area contributed by atoms with Gasteiger partial charge >= 0.3 is 6.09 Å². The highest BCUT2D eigenvalue weighted by Gasteiger charge is 2.34. The second kappa shape index (κ2) is 6.23. The molecule has 1 N–H and O–H groups in total. The van der Waals surface area contributed by atoms with Crippen molar-refractivity contribution in [3.05, 3.63) is 0 Å². The van der Waals surface area contributed by atoms with Crippen LogP contribution in [0.3, 0.4) is 0 Å². The average molecular weight is 269 g/mol. The van der Waals surface area contributed by atoms with E-state index >= 15 is 0 Å². The first-order valence-electron chi connectivity index (χ1n) is 7.04. The number of piperazine rings is 1. The molecule has 0 unspecified atom stereocenters. The summed E-state index contributed by atoms with van der Waals surface area (Å²) in [5.41, 5.74) is 0. The fraction of sp³-hybridized carbons (Fsp3) is 0.846. The van der Waals surface area contributed by atoms with E-state index in [0.717, 1.165) is 13.1 Å². The molecule has 2 amide bonds. The van der Waals surface area contributed by atoms with Gasteiger partial charge in [0, 0.05) is 32.7 Å². The predicted molar refractivity (Wildman–Crippen MR) is 70.7 cm³/mol. The van der Waals surface area contributed by atoms with E-state index in [1.165, 1.54) is 0 Å². The Balaban J connectivity index is 1.82. The van der Waals surface area contributed by atoms with Crippen molar-refractivity contribution in [3.8, 4) is 0 Å². The van der Waals surface area contributed by atoms with E-state index in [2.05, 4.69) is 12.2 Å². The van der Waals surface area contributed by atoms with Crippen LogP contribution in [0.4, 0.5) is 4.79 Å². The van der Waals surface area contributed by atoms with Crippen molar-refractivity contribution >= 4 is 12.0 Å². The number of hydrogen-bond donors (Lipinski definition) is 1. The molecule has 0 aliphatic carbocycles. The minimum absolute atomic E-state index is 0.0918. The van der Waals surface area contributed by atoms with Gasteiger partial charge in [0.1, 0.15) is 0 Å². The highest BCUT2D eigenvalue weighted by Crippen LogP contribution is 2.19. The summed E-state index contributed by atoms with van der Waals surface area (Å²) < 4.78 is 4.97. The molecule has 19 heavy (non-hydrogen) atoms. The van der Waals surface area contributed by atoms with Crippen molar-refractivity contribution in [1.29, 1.82) is 0 Å². The summed E-state index contributed by atoms with van der Waals surface area (Å²) in [6.07, 6.45) is -0.273. The Labute approximate surface area is 114 Å². The van der Waals surface area contributed by atoms with Gasteiger partial charge in [0.15, 0.2) is 0 Å². The minimum atomic E-state index is -0.273. The Morgan fingerprint density at radius 2 is 1.79 bits per heavy atom. The summed E-state index contributed by atoms with van der Waals surface area (Å²) in [6, 6.07) is 0. The highest BCUT2D eigenvalue weighted by molar-refractivity contribution is 5.80. The molecular weight excluding hydrogens is 246 g/mol. The molecule has 0 spiro atoms. The number of ether oxygens (including phenoxy) is 1. The lowest BCUT2D eigenvalue weighted by Gasteiger charge is -2.35. The highest BCUT2D eigenvalue weighted by atomic mass is 16.6. The lowest BCUT2D eigenvalue weighted by molar-refractivity contribution is -0.137. The summed E-state index contributed by atoms with van der Waals surface area (Å²) in [6.45, 7) is 8.35. The molecule has 0 aromatic rings. The second-order valence-electron chi connectivity index (χ2n) is 5.25. The number of rotatable bonds is 2. The third kappa shape index (κ3) is 3.18. The largest absolute Gasteiger partial charge is 0.450 e. The first kappa shape index (κ1) is 14.1. The van der Waals surface area contributed by atoms with Gasteiger partial charge in [-0.3, -0.25) is 4.79 Å². The summed E-state index contributed by atoms with van der Waals surface area (Å²) in [7, 11) is 0. The SMILES string of the molecule is CCOC(=O)N1CCN(C(=O)[C@@H]2CNC[C@H]2C)CC1. The average Bonchev–Trinajstić information content (AvgIpc) is 2.84. The van der Waals surface area contributed by atoms with Gasteiger partial charge in [0.25, 0.3) is 0 Å². The van der Waals surface area contributed by atoms with Gasteiger partial charge in [-0.15, -0.1) is 0 Å². The second-order valence-corrected chi connectivity index (χ2v) is 5.25. The molecule has 2 rings (SSSR count). The first-order chi connectivity index (χ1) is 9.13. The molecule has 2 aliphatic rings. The Morgan fingerprint density at radius 3 is 2.32 bits per heavy atom. The smallest absolute Gasteiger partial charge is 0.409 e. The number of carbonyl (C=O) groups excluding carboxylic acids is 2. The molecule has 0 aromatic carbocycles. The van der Waals surface area contributed by atoms with Gasteiger partial charge in [-0.05, 0) is 19.4 Å². The monoisotopic (exact) mass is 269 g/mol. The van der Waals surface area contributed by atoms with E-state index in [1.54, 1.807) is 11.8 Å². The molecule has 6 nitrogen and oxygen atoms in total. The molecule has 0 aromatic heterocycles. The van der Waals surface area contributed by atoms with Gasteiger partial charge in [-0.25, -0.2) is 4.79 Å². The number of carbonyl (C=O) groups is 2. The van der Waals surface area contributed by atoms with Crippen LogP contribution >= 0.6 is 0 Å². The lowest BCUT2D eigenvalue weighted by atomic mass is 9.96. The molecule has 0 bridgehead atoms. The number of amides is 2. The van der Waals surface area contributed by atoms with Crippen molar-refractivity contribution in [3.63, 3.8) is 0 Å². The zero-order valence-corrected chi connectivity index (χ0v) is 11.7. The van der Waals surface area contributed by atoms with Gasteiger partial charge in [0.2, 0.25) is 5.91 Å². The van der Waals surface area contributed by atoms with Gasteiger partial charge in [0.05, 0.1) is 12.5 Å². The number of hydrogen-bond acceptors (Lipinski definition) is 4. The van der Waals surface area contributed by atoms with Crippen LogP contribution in [-0.4, -0.2) is 67.7 Å². The minimum Gasteiger partial charge on any atom is -0.450 e. The summed E-state index contributed by atoms with van der Waals surface area (Å²) >= 11 is 0. The van der Waals surface area contributed by atoms with Crippen molar-refractivity contribution in [2.45, 2.75) is 13.8 Å². The van der Waals surface area contributed by atoms with Crippen LogP contribution in [0.1, 0.15) is 13.8 Å². The third-order valence-corrected chi connectivity index (χ3v) is 3.95. The Morgan fingerprint density at radius 1 is 1.16 bits per heavy atom. The maximum Gasteiger partial charge on any atom is 0.409 e. The van der Waals surface area contributed by atoms with Crippen LogP contribution in [0, 0.1) is 11.8 Å². The standard InChI is InChI=1S/C13H23N3O3/c1-3-19-13(18)16-6-4-15(5-7-16)12(17)11-9-14-8-10(11)2/h10-11,14H,3-9H2,1-2H3/t10-,11-/m1/s1. The first-order valence-corrected chi connectivity index (χ1v) is 7.04. The Kier molecular flexibility index (Phi) is 4.63. The quantitative estimate of drug-likeness (QED) is 0.775. The maximum absolute atomic E-state index is 12.4. The fourth-order valence-corrected chi connectivity index (χ4v) is 2.70. The van der Waals surface area contributed by atoms with Crippen molar-refractivity contribution in [1.82, 2.24) is 15.1 Å². The summed E-state index contributed by atoms with van der Waals surface area (Å²) in [5.74, 6) is 0.714. The van der Waals surface area contributed by atoms with E-state index < -0.39 is 0 Å². The molecule has 0 saturated carbocycles. The zero-order chi connectivity index (χ0) is 13.8. The summed E-state index contributed by atoms with van der Waals surface area (Å²) in [4.78, 5) is 27.5. The third-order valence-electron chi connectivity index (χ3n) is 3.95. The van der Waals surface area contributed by atoms with Gasteiger partial charge in [-0.1, -0.05) is 6.92 Å². The topological polar surface area (TPSA) is 61.9 Å². The van der Waals surface area contributed by atoms with Crippen molar-refractivity contribution in [2.24, 2.45) is 11.8 Å². The Hall–Kier alpha value is -1.30. The van der Waals surface area contributed by atoms with E-state index in [0.29, 0.717) is 38.7 Å². The van der Waals surface area contributed by atoms with E-state index in [1.807, 2.05) is 4.90 Å². The van der Waals surface area contributed by atoms with Crippen LogP contribution in [0.5, 0.6) is 0 Å². The number of nitrogens with one attached hydrogen (secondary N) is 1. The molecule has 2 fully saturated rings. The molecule has 108 valence electrons. The lowest BCUT2D eigenvalue weighted by Crippen LogP contribution is -2.52. The molecule has 6 heteroatoms.